The van der Waals surface area contributed by atoms with E-state index in [2.05, 4.69) is 15.9 Å². The Morgan fingerprint density at radius 1 is 1.47 bits per heavy atom. The summed E-state index contributed by atoms with van der Waals surface area (Å²) in [6.45, 7) is 1.71. The summed E-state index contributed by atoms with van der Waals surface area (Å²) in [5, 5.41) is 10.0. The molecule has 1 aromatic heterocycles. The van der Waals surface area contributed by atoms with Gasteiger partial charge in [-0.3, -0.25) is 4.79 Å². The average molecular weight is 285 g/mol. The number of benzene rings is 1. The van der Waals surface area contributed by atoms with E-state index in [0.29, 0.717) is 0 Å². The minimum atomic E-state index is -0.777. The van der Waals surface area contributed by atoms with E-state index in [1.165, 1.54) is 11.3 Å². The Morgan fingerprint density at radius 3 is 2.87 bits per heavy atom. The standard InChI is InChI=1S/C11H9BrO2S/c1-6(11(13)14)9-4-7-2-3-8(12)5-10(7)15-9/h2-6H,1H3,(H,13,14). The van der Waals surface area contributed by atoms with E-state index < -0.39 is 11.9 Å². The molecule has 0 spiro atoms. The predicted molar refractivity (Wildman–Crippen MR) is 65.6 cm³/mol. The molecule has 4 heteroatoms. The SMILES string of the molecule is CC(C(=O)O)c1cc2ccc(Br)cc2s1. The molecule has 1 atom stereocenters. The highest BCUT2D eigenvalue weighted by atomic mass is 79.9. The van der Waals surface area contributed by atoms with Gasteiger partial charge < -0.3 is 5.11 Å². The molecule has 0 aliphatic carbocycles. The van der Waals surface area contributed by atoms with Crippen LogP contribution in [0.25, 0.3) is 10.1 Å². The van der Waals surface area contributed by atoms with E-state index in [1.54, 1.807) is 6.92 Å². The number of hydrogen-bond acceptors (Lipinski definition) is 2. The van der Waals surface area contributed by atoms with Gasteiger partial charge in [0, 0.05) is 14.0 Å². The smallest absolute Gasteiger partial charge is 0.311 e. The maximum absolute atomic E-state index is 10.8. The number of halogens is 1. The molecule has 0 aliphatic heterocycles. The summed E-state index contributed by atoms with van der Waals surface area (Å²) < 4.78 is 2.14. The molecule has 0 aliphatic rings. The van der Waals surface area contributed by atoms with E-state index in [0.717, 1.165) is 19.4 Å². The lowest BCUT2D eigenvalue weighted by atomic mass is 10.1. The van der Waals surface area contributed by atoms with Crippen LogP contribution in [0.15, 0.2) is 28.7 Å². The summed E-state index contributed by atoms with van der Waals surface area (Å²) in [5.41, 5.74) is 0. The zero-order valence-electron chi connectivity index (χ0n) is 8.03. The minimum absolute atomic E-state index is 0.429. The van der Waals surface area contributed by atoms with E-state index in [9.17, 15) is 4.79 Å². The van der Waals surface area contributed by atoms with Crippen LogP contribution in [0.2, 0.25) is 0 Å². The number of hydrogen-bond donors (Lipinski definition) is 1. The van der Waals surface area contributed by atoms with Crippen LogP contribution in [-0.4, -0.2) is 11.1 Å². The first-order chi connectivity index (χ1) is 7.08. The molecule has 1 heterocycles. The van der Waals surface area contributed by atoms with Gasteiger partial charge in [-0.1, -0.05) is 22.0 Å². The lowest BCUT2D eigenvalue weighted by Crippen LogP contribution is -2.04. The van der Waals surface area contributed by atoms with E-state index >= 15 is 0 Å². The van der Waals surface area contributed by atoms with Crippen molar-refractivity contribution < 1.29 is 9.90 Å². The molecular formula is C11H9BrO2S. The number of thiophene rings is 1. The van der Waals surface area contributed by atoms with Crippen LogP contribution in [-0.2, 0) is 4.79 Å². The van der Waals surface area contributed by atoms with Crippen molar-refractivity contribution in [2.75, 3.05) is 0 Å². The van der Waals surface area contributed by atoms with Gasteiger partial charge >= 0.3 is 5.97 Å². The van der Waals surface area contributed by atoms with Crippen LogP contribution < -0.4 is 0 Å². The number of rotatable bonds is 2. The predicted octanol–water partition coefficient (Wildman–Crippen LogP) is 3.85. The van der Waals surface area contributed by atoms with E-state index in [-0.39, 0.29) is 0 Å². The third kappa shape index (κ3) is 2.06. The number of carbonyl (C=O) groups is 1. The Labute approximate surface area is 99.7 Å². The molecule has 0 amide bonds. The second-order valence-electron chi connectivity index (χ2n) is 3.39. The van der Waals surface area contributed by atoms with Crippen LogP contribution in [0.5, 0.6) is 0 Å². The maximum Gasteiger partial charge on any atom is 0.311 e. The Balaban J connectivity index is 2.51. The molecule has 15 heavy (non-hydrogen) atoms. The zero-order valence-corrected chi connectivity index (χ0v) is 10.4. The molecule has 1 N–H and O–H groups in total. The van der Waals surface area contributed by atoms with Gasteiger partial charge in [0.15, 0.2) is 0 Å². The topological polar surface area (TPSA) is 37.3 Å². The fourth-order valence-electron chi connectivity index (χ4n) is 1.36. The largest absolute Gasteiger partial charge is 0.481 e. The molecule has 0 saturated carbocycles. The van der Waals surface area contributed by atoms with Gasteiger partial charge in [-0.25, -0.2) is 0 Å². The van der Waals surface area contributed by atoms with Crippen LogP contribution in [0.3, 0.4) is 0 Å². The van der Waals surface area contributed by atoms with E-state index in [4.69, 9.17) is 5.11 Å². The normalized spacial score (nSPS) is 12.9. The summed E-state index contributed by atoms with van der Waals surface area (Å²) in [5.74, 6) is -1.21. The molecule has 0 radical (unpaired) electrons. The van der Waals surface area contributed by atoms with Crippen molar-refractivity contribution in [2.24, 2.45) is 0 Å². The quantitative estimate of drug-likeness (QED) is 0.910. The van der Waals surface area contributed by atoms with Crippen LogP contribution in [0, 0.1) is 0 Å². The highest BCUT2D eigenvalue weighted by Gasteiger charge is 2.16. The molecule has 78 valence electrons. The maximum atomic E-state index is 10.8. The Kier molecular flexibility index (Phi) is 2.80. The van der Waals surface area contributed by atoms with Gasteiger partial charge in [-0.05, 0) is 30.5 Å². The van der Waals surface area contributed by atoms with Crippen molar-refractivity contribution >= 4 is 43.3 Å². The molecular weight excluding hydrogens is 276 g/mol. The lowest BCUT2D eigenvalue weighted by Gasteiger charge is -1.99. The molecule has 2 aromatic rings. The van der Waals surface area contributed by atoms with Gasteiger partial charge in [0.05, 0.1) is 5.92 Å². The van der Waals surface area contributed by atoms with Gasteiger partial charge in [0.2, 0.25) is 0 Å². The lowest BCUT2D eigenvalue weighted by molar-refractivity contribution is -0.138. The van der Waals surface area contributed by atoms with E-state index in [1.807, 2.05) is 24.3 Å². The highest BCUT2D eigenvalue weighted by Crippen LogP contribution is 2.32. The summed E-state index contributed by atoms with van der Waals surface area (Å²) in [6.07, 6.45) is 0. The Bertz CT molecular complexity index is 518. The zero-order chi connectivity index (χ0) is 11.0. The monoisotopic (exact) mass is 284 g/mol. The molecule has 2 rings (SSSR count). The first-order valence-corrected chi connectivity index (χ1v) is 6.10. The Morgan fingerprint density at radius 2 is 2.20 bits per heavy atom. The fourth-order valence-corrected chi connectivity index (χ4v) is 3.02. The molecule has 0 fully saturated rings. The molecule has 0 bridgehead atoms. The molecule has 2 nitrogen and oxygen atoms in total. The van der Waals surface area contributed by atoms with Crippen molar-refractivity contribution in [3.8, 4) is 0 Å². The van der Waals surface area contributed by atoms with Crippen molar-refractivity contribution in [3.05, 3.63) is 33.6 Å². The van der Waals surface area contributed by atoms with Crippen LogP contribution >= 0.6 is 27.3 Å². The summed E-state index contributed by atoms with van der Waals surface area (Å²) in [6, 6.07) is 7.92. The van der Waals surface area contributed by atoms with Gasteiger partial charge in [0.25, 0.3) is 0 Å². The first kappa shape index (κ1) is 10.6. The number of aliphatic carboxylic acids is 1. The van der Waals surface area contributed by atoms with Crippen molar-refractivity contribution in [3.63, 3.8) is 0 Å². The molecule has 1 unspecified atom stereocenters. The van der Waals surface area contributed by atoms with Crippen molar-refractivity contribution in [1.82, 2.24) is 0 Å². The van der Waals surface area contributed by atoms with Crippen LogP contribution in [0.1, 0.15) is 17.7 Å². The fraction of sp³-hybridized carbons (Fsp3) is 0.182. The van der Waals surface area contributed by atoms with Gasteiger partial charge in [0.1, 0.15) is 0 Å². The second kappa shape index (κ2) is 3.94. The number of carboxylic acid groups (broad SMARTS) is 1. The van der Waals surface area contributed by atoms with Gasteiger partial charge in [-0.2, -0.15) is 0 Å². The Hall–Kier alpha value is -0.870. The summed E-state index contributed by atoms with van der Waals surface area (Å²) in [4.78, 5) is 11.7. The van der Waals surface area contributed by atoms with Crippen LogP contribution in [0.4, 0.5) is 0 Å². The van der Waals surface area contributed by atoms with Crippen molar-refractivity contribution in [2.45, 2.75) is 12.8 Å². The highest BCUT2D eigenvalue weighted by molar-refractivity contribution is 9.10. The summed E-state index contributed by atoms with van der Waals surface area (Å²) >= 11 is 4.94. The third-order valence-corrected chi connectivity index (χ3v) is 4.07. The molecule has 0 saturated heterocycles. The van der Waals surface area contributed by atoms with Crippen molar-refractivity contribution in [1.29, 1.82) is 0 Å². The molecule has 1 aromatic carbocycles. The first-order valence-electron chi connectivity index (χ1n) is 4.50. The van der Waals surface area contributed by atoms with Gasteiger partial charge in [-0.15, -0.1) is 11.3 Å². The second-order valence-corrected chi connectivity index (χ2v) is 5.42. The average Bonchev–Trinajstić information content (AvgIpc) is 2.58. The number of carboxylic acids is 1. The minimum Gasteiger partial charge on any atom is -0.481 e. The summed E-state index contributed by atoms with van der Waals surface area (Å²) in [7, 11) is 0. The number of fused-ring (bicyclic) bond motifs is 1. The third-order valence-electron chi connectivity index (χ3n) is 2.30.